The lowest BCUT2D eigenvalue weighted by molar-refractivity contribution is -0.117. The number of thioether (sulfide) groups is 1. The van der Waals surface area contributed by atoms with Gasteiger partial charge >= 0.3 is 0 Å². The lowest BCUT2D eigenvalue weighted by Gasteiger charge is -2.24. The van der Waals surface area contributed by atoms with Crippen LogP contribution in [0.4, 0.5) is 5.69 Å². The van der Waals surface area contributed by atoms with Gasteiger partial charge in [-0.05, 0) is 64.2 Å². The zero-order valence-electron chi connectivity index (χ0n) is 17.7. The van der Waals surface area contributed by atoms with Crippen LogP contribution in [-0.4, -0.2) is 27.3 Å². The van der Waals surface area contributed by atoms with Gasteiger partial charge in [-0.2, -0.15) is 0 Å². The maximum absolute atomic E-state index is 13.3. The summed E-state index contributed by atoms with van der Waals surface area (Å²) in [7, 11) is 0. The minimum atomic E-state index is -0.345. The molecule has 0 bridgehead atoms. The number of nitrogens with zero attached hydrogens (tertiary/aromatic N) is 3. The fourth-order valence-electron chi connectivity index (χ4n) is 4.09. The van der Waals surface area contributed by atoms with E-state index in [9.17, 15) is 9.59 Å². The molecule has 1 unspecified atom stereocenters. The van der Waals surface area contributed by atoms with E-state index in [-0.39, 0.29) is 16.7 Å². The van der Waals surface area contributed by atoms with E-state index in [0.29, 0.717) is 18.2 Å². The molecule has 2 aromatic heterocycles. The molecule has 1 aliphatic carbocycles. The summed E-state index contributed by atoms with van der Waals surface area (Å²) in [5.74, 6) is 0.0242. The number of carbonyl (C=O) groups is 1. The summed E-state index contributed by atoms with van der Waals surface area (Å²) in [6, 6.07) is 9.71. The monoisotopic (exact) mass is 441 g/mol. The summed E-state index contributed by atoms with van der Waals surface area (Å²) < 4.78 is 1.73. The van der Waals surface area contributed by atoms with Crippen LogP contribution in [-0.2, 0) is 24.2 Å². The van der Waals surface area contributed by atoms with Crippen molar-refractivity contribution >= 4 is 44.9 Å². The van der Waals surface area contributed by atoms with E-state index in [1.807, 2.05) is 51.1 Å². The average Bonchev–Trinajstić information content (AvgIpc) is 3.13. The molecule has 3 aromatic rings. The van der Waals surface area contributed by atoms with Crippen molar-refractivity contribution in [3.63, 3.8) is 0 Å². The van der Waals surface area contributed by atoms with Gasteiger partial charge in [-0.15, -0.1) is 11.3 Å². The van der Waals surface area contributed by atoms with Crippen LogP contribution >= 0.6 is 23.1 Å². The van der Waals surface area contributed by atoms with Gasteiger partial charge in [0.2, 0.25) is 5.91 Å². The van der Waals surface area contributed by atoms with E-state index in [4.69, 9.17) is 4.98 Å². The fraction of sp³-hybridized carbons (Fsp3) is 0.435. The van der Waals surface area contributed by atoms with E-state index >= 15 is 0 Å². The highest BCUT2D eigenvalue weighted by atomic mass is 32.2. The van der Waals surface area contributed by atoms with Crippen molar-refractivity contribution in [2.24, 2.45) is 0 Å². The van der Waals surface area contributed by atoms with Gasteiger partial charge in [-0.3, -0.25) is 14.2 Å². The lowest BCUT2D eigenvalue weighted by atomic mass is 9.97. The molecule has 2 heterocycles. The van der Waals surface area contributed by atoms with Crippen LogP contribution in [0.5, 0.6) is 0 Å². The highest BCUT2D eigenvalue weighted by molar-refractivity contribution is 8.00. The molecule has 0 radical (unpaired) electrons. The lowest BCUT2D eigenvalue weighted by Crippen LogP contribution is -2.37. The molecule has 1 atom stereocenters. The van der Waals surface area contributed by atoms with E-state index in [1.54, 1.807) is 20.8 Å². The Morgan fingerprint density at radius 1 is 1.23 bits per heavy atom. The average molecular weight is 442 g/mol. The minimum absolute atomic E-state index is 0.0242. The first-order valence-electron chi connectivity index (χ1n) is 10.6. The first-order valence-corrected chi connectivity index (χ1v) is 12.3. The van der Waals surface area contributed by atoms with Crippen LogP contribution < -0.4 is 10.5 Å². The second kappa shape index (κ2) is 8.94. The molecule has 4 rings (SSSR count). The topological polar surface area (TPSA) is 55.2 Å². The first-order chi connectivity index (χ1) is 14.5. The predicted octanol–water partition coefficient (Wildman–Crippen LogP) is 4.89. The molecule has 5 nitrogen and oxygen atoms in total. The third-order valence-corrected chi connectivity index (χ3v) is 7.90. The van der Waals surface area contributed by atoms with Gasteiger partial charge < -0.3 is 4.90 Å². The van der Waals surface area contributed by atoms with Crippen LogP contribution in [0.2, 0.25) is 0 Å². The standard InChI is InChI=1S/C23H27N3O2S2/c1-4-25(16-11-7-6-8-12-16)21(27)15(3)29-23-24-20-19(22(28)26(23)5-2)17-13-9-10-14-18(17)30-20/h6-8,11-12,15H,4-5,9-10,13-14H2,1-3H3. The summed E-state index contributed by atoms with van der Waals surface area (Å²) in [6.07, 6.45) is 4.34. The molecule has 0 spiro atoms. The Bertz CT molecular complexity index is 1120. The third-order valence-electron chi connectivity index (χ3n) is 5.64. The maximum atomic E-state index is 13.3. The Morgan fingerprint density at radius 2 is 1.97 bits per heavy atom. The molecule has 1 aliphatic rings. The number of anilines is 1. The third kappa shape index (κ3) is 3.81. The second-order valence-corrected chi connectivity index (χ2v) is 9.90. The van der Waals surface area contributed by atoms with Crippen molar-refractivity contribution in [2.45, 2.75) is 63.4 Å². The molecule has 0 saturated carbocycles. The Balaban J connectivity index is 1.67. The molecular formula is C23H27N3O2S2. The molecule has 1 aromatic carbocycles. The Hall–Kier alpha value is -2.12. The van der Waals surface area contributed by atoms with E-state index in [0.717, 1.165) is 35.2 Å². The summed E-state index contributed by atoms with van der Waals surface area (Å²) in [4.78, 5) is 35.3. The Kier molecular flexibility index (Phi) is 6.29. The van der Waals surface area contributed by atoms with Gasteiger partial charge in [0.15, 0.2) is 5.16 Å². The summed E-state index contributed by atoms with van der Waals surface area (Å²) in [5.41, 5.74) is 2.14. The molecule has 1 amide bonds. The number of fused-ring (bicyclic) bond motifs is 3. The maximum Gasteiger partial charge on any atom is 0.263 e. The molecule has 0 N–H and O–H groups in total. The number of aryl methyl sites for hydroxylation is 2. The first kappa shape index (κ1) is 21.1. The Morgan fingerprint density at radius 3 is 2.67 bits per heavy atom. The summed E-state index contributed by atoms with van der Waals surface area (Å²) in [6.45, 7) is 6.98. The van der Waals surface area contributed by atoms with Crippen molar-refractivity contribution < 1.29 is 4.79 Å². The zero-order chi connectivity index (χ0) is 21.3. The highest BCUT2D eigenvalue weighted by Gasteiger charge is 2.26. The number of thiophene rings is 1. The molecule has 30 heavy (non-hydrogen) atoms. The van der Waals surface area contributed by atoms with Gasteiger partial charge in [0, 0.05) is 23.7 Å². The van der Waals surface area contributed by atoms with Crippen LogP contribution in [0.25, 0.3) is 10.2 Å². The Labute approximate surface area is 185 Å². The quantitative estimate of drug-likeness (QED) is 0.404. The smallest absolute Gasteiger partial charge is 0.263 e. The van der Waals surface area contributed by atoms with Gasteiger partial charge in [-0.25, -0.2) is 4.98 Å². The molecule has 0 saturated heterocycles. The number of para-hydroxylation sites is 1. The van der Waals surface area contributed by atoms with Gasteiger partial charge in [0.05, 0.1) is 10.6 Å². The molecular weight excluding hydrogens is 414 g/mol. The van der Waals surface area contributed by atoms with E-state index < -0.39 is 0 Å². The number of benzene rings is 1. The predicted molar refractivity (Wildman–Crippen MR) is 126 cm³/mol. The van der Waals surface area contributed by atoms with Crippen LogP contribution in [0.1, 0.15) is 44.1 Å². The van der Waals surface area contributed by atoms with Crippen LogP contribution in [0.15, 0.2) is 40.3 Å². The number of carbonyl (C=O) groups excluding carboxylic acids is 1. The number of rotatable bonds is 6. The van der Waals surface area contributed by atoms with Crippen molar-refractivity contribution in [3.05, 3.63) is 51.1 Å². The number of hydrogen-bond acceptors (Lipinski definition) is 5. The summed E-state index contributed by atoms with van der Waals surface area (Å²) in [5, 5.41) is 1.10. The van der Waals surface area contributed by atoms with E-state index in [2.05, 4.69) is 0 Å². The molecule has 158 valence electrons. The normalized spacial score (nSPS) is 14.5. The largest absolute Gasteiger partial charge is 0.312 e. The highest BCUT2D eigenvalue weighted by Crippen LogP contribution is 2.35. The van der Waals surface area contributed by atoms with Crippen molar-refractivity contribution in [1.82, 2.24) is 9.55 Å². The van der Waals surface area contributed by atoms with Gasteiger partial charge in [0.25, 0.3) is 5.56 Å². The van der Waals surface area contributed by atoms with Crippen molar-refractivity contribution in [1.29, 1.82) is 0 Å². The van der Waals surface area contributed by atoms with E-state index in [1.165, 1.54) is 28.6 Å². The second-order valence-electron chi connectivity index (χ2n) is 7.51. The number of amides is 1. The minimum Gasteiger partial charge on any atom is -0.312 e. The van der Waals surface area contributed by atoms with Crippen LogP contribution in [0.3, 0.4) is 0 Å². The molecule has 7 heteroatoms. The van der Waals surface area contributed by atoms with Gasteiger partial charge in [-0.1, -0.05) is 30.0 Å². The van der Waals surface area contributed by atoms with Crippen molar-refractivity contribution in [3.8, 4) is 0 Å². The van der Waals surface area contributed by atoms with Gasteiger partial charge in [0.1, 0.15) is 4.83 Å². The van der Waals surface area contributed by atoms with Crippen LogP contribution in [0, 0.1) is 0 Å². The number of aromatic nitrogens is 2. The fourth-order valence-corrected chi connectivity index (χ4v) is 6.43. The molecule has 0 fully saturated rings. The number of hydrogen-bond donors (Lipinski definition) is 0. The van der Waals surface area contributed by atoms with Crippen molar-refractivity contribution in [2.75, 3.05) is 11.4 Å². The zero-order valence-corrected chi connectivity index (χ0v) is 19.3. The SMILES string of the molecule is CCN(C(=O)C(C)Sc1nc2sc3c(c2c(=O)n1CC)CCCC3)c1ccccc1. The molecule has 0 aliphatic heterocycles. The summed E-state index contributed by atoms with van der Waals surface area (Å²) >= 11 is 3.04.